The van der Waals surface area contributed by atoms with E-state index < -0.39 is 6.58 Å². The van der Waals surface area contributed by atoms with Crippen LogP contribution in [0.25, 0.3) is 0 Å². The molecule has 0 aromatic carbocycles. The highest BCUT2D eigenvalue weighted by Crippen LogP contribution is 2.21. The molecule has 64 valence electrons. The number of ketones is 1. The number of Topliss-reactive ketones (excluding diaryl/α,β-unsaturated/α-hetero) is 1. The van der Waals surface area contributed by atoms with E-state index in [-0.39, 0.29) is 17.8 Å². The largest absolute Gasteiger partial charge is 0.370 e. The van der Waals surface area contributed by atoms with E-state index in [1.807, 2.05) is 13.8 Å². The second kappa shape index (κ2) is 3.86. The van der Waals surface area contributed by atoms with E-state index in [1.165, 1.54) is 0 Å². The van der Waals surface area contributed by atoms with Crippen LogP contribution in [0.2, 0.25) is 0 Å². The van der Waals surface area contributed by atoms with E-state index in [9.17, 15) is 4.79 Å². The Morgan fingerprint density at radius 2 is 2.55 bits per heavy atom. The Morgan fingerprint density at radius 1 is 1.82 bits per heavy atom. The summed E-state index contributed by atoms with van der Waals surface area (Å²) < 4.78 is 12.5. The van der Waals surface area contributed by atoms with Gasteiger partial charge in [-0.1, -0.05) is 13.8 Å². The molecule has 0 saturated carbocycles. The molecule has 0 aromatic heterocycles. The van der Waals surface area contributed by atoms with Gasteiger partial charge in [0, 0.05) is 13.0 Å². The summed E-state index contributed by atoms with van der Waals surface area (Å²) in [6, 6.07) is 0. The summed E-state index contributed by atoms with van der Waals surface area (Å²) in [6.45, 7) is 3.48. The summed E-state index contributed by atoms with van der Waals surface area (Å²) in [5, 5.41) is 0. The molecule has 1 rings (SSSR count). The molecule has 1 saturated heterocycles. The summed E-state index contributed by atoms with van der Waals surface area (Å²) in [6.07, 6.45) is 1.85. The third-order valence-electron chi connectivity index (χ3n) is 2.04. The Kier molecular flexibility index (Phi) is 2.56. The molecule has 0 unspecified atom stereocenters. The Bertz CT molecular complexity index is 170. The average molecular weight is 158 g/mol. The SMILES string of the molecule is [3H][C@H]1C[C@H](C)[C@@H](C(=O)CCC)O1. The predicted octanol–water partition coefficient (Wildman–Crippen LogP) is 1.78. The standard InChI is InChI=1S/C9H16O2/c1-3-4-8(10)9-7(2)5-6-11-9/h7,9H,3-6H2,1-2H3/t7-,9-/m0/s1/i6T/t6-,7-,9-. The van der Waals surface area contributed by atoms with Crippen LogP contribution in [0, 0.1) is 5.92 Å². The average Bonchev–Trinajstić information content (AvgIpc) is 2.30. The zero-order valence-corrected chi connectivity index (χ0v) is 7.17. The molecule has 1 aliphatic heterocycles. The van der Waals surface area contributed by atoms with Crippen molar-refractivity contribution >= 4 is 5.78 Å². The zero-order chi connectivity index (χ0) is 9.14. The third kappa shape index (κ3) is 2.03. The highest BCUT2D eigenvalue weighted by molar-refractivity contribution is 5.83. The predicted molar refractivity (Wildman–Crippen MR) is 43.4 cm³/mol. The fourth-order valence-electron chi connectivity index (χ4n) is 1.35. The Morgan fingerprint density at radius 3 is 3.00 bits per heavy atom. The maximum atomic E-state index is 11.4. The number of rotatable bonds is 3. The quantitative estimate of drug-likeness (QED) is 0.625. The summed E-state index contributed by atoms with van der Waals surface area (Å²) in [5.74, 6) is 0.395. The number of carbonyl (C=O) groups excluding carboxylic acids is 1. The minimum atomic E-state index is -0.481. The molecule has 1 aliphatic rings. The second-order valence-electron chi connectivity index (χ2n) is 3.15. The number of carbonyl (C=O) groups is 1. The molecule has 0 bridgehead atoms. The van der Waals surface area contributed by atoms with Crippen molar-refractivity contribution in [3.8, 4) is 0 Å². The van der Waals surface area contributed by atoms with Crippen LogP contribution in [0.3, 0.4) is 0 Å². The lowest BCUT2D eigenvalue weighted by Crippen LogP contribution is -2.24. The van der Waals surface area contributed by atoms with Crippen molar-refractivity contribution in [1.82, 2.24) is 0 Å². The third-order valence-corrected chi connectivity index (χ3v) is 2.04. The summed E-state index contributed by atoms with van der Waals surface area (Å²) in [7, 11) is 0. The lowest BCUT2D eigenvalue weighted by atomic mass is 9.98. The monoisotopic (exact) mass is 158 g/mol. The molecular formula is C9H16O2. The van der Waals surface area contributed by atoms with Gasteiger partial charge in [0.2, 0.25) is 0 Å². The van der Waals surface area contributed by atoms with Gasteiger partial charge in [0.25, 0.3) is 0 Å². The number of hydrogen-bond acceptors (Lipinski definition) is 2. The van der Waals surface area contributed by atoms with Gasteiger partial charge in [-0.2, -0.15) is 0 Å². The van der Waals surface area contributed by atoms with E-state index in [4.69, 9.17) is 6.11 Å². The van der Waals surface area contributed by atoms with E-state index in [1.54, 1.807) is 0 Å². The first kappa shape index (κ1) is 7.29. The summed E-state index contributed by atoms with van der Waals surface area (Å²) >= 11 is 0. The van der Waals surface area contributed by atoms with E-state index in [0.29, 0.717) is 12.8 Å². The first-order chi connectivity index (χ1) is 5.65. The smallest absolute Gasteiger partial charge is 0.161 e. The van der Waals surface area contributed by atoms with Crippen LogP contribution in [0.5, 0.6) is 0 Å². The molecule has 0 amide bonds. The highest BCUT2D eigenvalue weighted by atomic mass is 16.5. The minimum absolute atomic E-state index is 0.166. The van der Waals surface area contributed by atoms with Crippen molar-refractivity contribution < 1.29 is 10.9 Å². The van der Waals surface area contributed by atoms with E-state index >= 15 is 0 Å². The number of ether oxygens (including phenoxy) is 1. The maximum Gasteiger partial charge on any atom is 0.161 e. The van der Waals surface area contributed by atoms with Crippen LogP contribution < -0.4 is 0 Å². The van der Waals surface area contributed by atoms with Gasteiger partial charge >= 0.3 is 0 Å². The van der Waals surface area contributed by atoms with Gasteiger partial charge in [0.1, 0.15) is 6.10 Å². The molecule has 2 heteroatoms. The normalized spacial score (nSPS) is 38.7. The second-order valence-corrected chi connectivity index (χ2v) is 3.15. The van der Waals surface area contributed by atoms with Crippen molar-refractivity contribution in [2.75, 3.05) is 6.58 Å². The van der Waals surface area contributed by atoms with Crippen LogP contribution in [-0.2, 0) is 9.53 Å². The van der Waals surface area contributed by atoms with Gasteiger partial charge in [-0.15, -0.1) is 0 Å². The van der Waals surface area contributed by atoms with Crippen molar-refractivity contribution in [2.45, 2.75) is 39.2 Å². The lowest BCUT2D eigenvalue weighted by molar-refractivity contribution is -0.129. The molecule has 0 spiro atoms. The lowest BCUT2D eigenvalue weighted by Gasteiger charge is -2.11. The van der Waals surface area contributed by atoms with Gasteiger partial charge in [0.15, 0.2) is 5.78 Å². The van der Waals surface area contributed by atoms with Crippen molar-refractivity contribution in [2.24, 2.45) is 5.92 Å². The molecule has 11 heavy (non-hydrogen) atoms. The maximum absolute atomic E-state index is 11.4. The Hall–Kier alpha value is -0.370. The molecule has 1 fully saturated rings. The van der Waals surface area contributed by atoms with E-state index in [0.717, 1.165) is 6.42 Å². The van der Waals surface area contributed by atoms with Crippen molar-refractivity contribution in [3.05, 3.63) is 0 Å². The molecule has 0 aliphatic carbocycles. The molecular weight excluding hydrogens is 140 g/mol. The van der Waals surface area contributed by atoms with E-state index in [2.05, 4.69) is 0 Å². The van der Waals surface area contributed by atoms with Gasteiger partial charge in [-0.05, 0) is 18.8 Å². The highest BCUT2D eigenvalue weighted by Gasteiger charge is 2.29. The van der Waals surface area contributed by atoms with Crippen LogP contribution >= 0.6 is 0 Å². The zero-order valence-electron chi connectivity index (χ0n) is 8.17. The Labute approximate surface area is 69.3 Å². The molecule has 1 heterocycles. The van der Waals surface area contributed by atoms with Crippen LogP contribution in [0.1, 0.15) is 34.5 Å². The number of hydrogen-bond donors (Lipinski definition) is 0. The first-order valence-electron chi connectivity index (χ1n) is 4.83. The van der Waals surface area contributed by atoms with Gasteiger partial charge in [-0.3, -0.25) is 4.79 Å². The molecule has 2 nitrogen and oxygen atoms in total. The fourth-order valence-corrected chi connectivity index (χ4v) is 1.35. The molecule has 0 aromatic rings. The van der Waals surface area contributed by atoms with Crippen molar-refractivity contribution in [1.29, 1.82) is 0 Å². The van der Waals surface area contributed by atoms with Crippen molar-refractivity contribution in [3.63, 3.8) is 0 Å². The first-order valence-corrected chi connectivity index (χ1v) is 4.25. The fraction of sp³-hybridized carbons (Fsp3) is 0.889. The molecule has 0 radical (unpaired) electrons. The summed E-state index contributed by atoms with van der Waals surface area (Å²) in [5.41, 5.74) is 0. The molecule has 0 N–H and O–H groups in total. The van der Waals surface area contributed by atoms with Crippen LogP contribution in [0.15, 0.2) is 0 Å². The van der Waals surface area contributed by atoms with Gasteiger partial charge < -0.3 is 4.74 Å². The Balaban J connectivity index is 2.46. The summed E-state index contributed by atoms with van der Waals surface area (Å²) in [4.78, 5) is 11.4. The van der Waals surface area contributed by atoms with Gasteiger partial charge in [0.05, 0.1) is 1.37 Å². The van der Waals surface area contributed by atoms with Crippen LogP contribution in [0.4, 0.5) is 0 Å². The molecule has 3 atom stereocenters. The van der Waals surface area contributed by atoms with Crippen LogP contribution in [-0.4, -0.2) is 18.5 Å². The minimum Gasteiger partial charge on any atom is -0.370 e. The van der Waals surface area contributed by atoms with Gasteiger partial charge in [-0.25, -0.2) is 0 Å². The topological polar surface area (TPSA) is 26.3 Å².